The van der Waals surface area contributed by atoms with E-state index in [1.165, 1.54) is 22.6 Å². The van der Waals surface area contributed by atoms with Gasteiger partial charge in [-0.25, -0.2) is 4.98 Å². The number of pyridine rings is 1. The topological polar surface area (TPSA) is 60.9 Å². The average molecular weight is 273 g/mol. The highest BCUT2D eigenvalue weighted by atomic mass is 32.1. The molecule has 98 valence electrons. The van der Waals surface area contributed by atoms with E-state index in [1.54, 1.807) is 0 Å². The van der Waals surface area contributed by atoms with Crippen molar-refractivity contribution in [3.63, 3.8) is 0 Å². The van der Waals surface area contributed by atoms with Crippen LogP contribution in [-0.2, 0) is 12.8 Å². The van der Waals surface area contributed by atoms with E-state index in [9.17, 15) is 4.79 Å². The number of nitrogen functional groups attached to an aromatic ring is 1. The number of thiazole rings is 1. The van der Waals surface area contributed by atoms with Crippen molar-refractivity contribution in [3.05, 3.63) is 33.1 Å². The van der Waals surface area contributed by atoms with Gasteiger partial charge < -0.3 is 10.3 Å². The van der Waals surface area contributed by atoms with Gasteiger partial charge in [0.05, 0.1) is 11.3 Å². The zero-order valence-corrected chi connectivity index (χ0v) is 11.4. The average Bonchev–Trinajstić information content (AvgIpc) is 2.95. The maximum Gasteiger partial charge on any atom is 0.260 e. The Kier molecular flexibility index (Phi) is 2.33. The molecule has 19 heavy (non-hydrogen) atoms. The minimum atomic E-state index is 0.119. The molecule has 2 aliphatic carbocycles. The number of aryl methyl sites for hydroxylation is 1. The Labute approximate surface area is 114 Å². The first-order valence-electron chi connectivity index (χ1n) is 6.72. The fourth-order valence-electron chi connectivity index (χ4n) is 2.98. The number of nitrogens with two attached hydrogens (primary N) is 1. The summed E-state index contributed by atoms with van der Waals surface area (Å²) in [6, 6.07) is 2.47. The lowest BCUT2D eigenvalue weighted by atomic mass is 10.1. The van der Waals surface area contributed by atoms with Crippen molar-refractivity contribution in [3.8, 4) is 11.3 Å². The number of rotatable bonds is 2. The Morgan fingerprint density at radius 2 is 2.21 bits per heavy atom. The van der Waals surface area contributed by atoms with Crippen molar-refractivity contribution < 1.29 is 0 Å². The summed E-state index contributed by atoms with van der Waals surface area (Å²) in [5.41, 5.74) is 9.85. The SMILES string of the molecule is Nc1nc(-c2cc3c(n(C4CC4)c2=O)CCC3)cs1. The first kappa shape index (κ1) is 11.2. The Morgan fingerprint density at radius 1 is 1.37 bits per heavy atom. The van der Waals surface area contributed by atoms with Crippen LogP contribution in [0.3, 0.4) is 0 Å². The molecule has 0 aromatic carbocycles. The molecule has 0 bridgehead atoms. The number of fused-ring (bicyclic) bond motifs is 1. The standard InChI is InChI=1S/C14H15N3OS/c15-14-16-11(7-19-14)10-6-8-2-1-3-12(8)17(13(10)18)9-4-5-9/h6-7,9H,1-5H2,(H2,15,16). The lowest BCUT2D eigenvalue weighted by molar-refractivity contribution is 0.666. The third kappa shape index (κ3) is 1.72. The van der Waals surface area contributed by atoms with Crippen molar-refractivity contribution >= 4 is 16.5 Å². The molecular weight excluding hydrogens is 258 g/mol. The Morgan fingerprint density at radius 3 is 2.89 bits per heavy atom. The molecule has 4 nitrogen and oxygen atoms in total. The number of anilines is 1. The molecule has 2 heterocycles. The van der Waals surface area contributed by atoms with Gasteiger partial charge in [-0.1, -0.05) is 0 Å². The molecule has 1 saturated carbocycles. The molecular formula is C14H15N3OS. The molecule has 2 aromatic rings. The third-order valence-electron chi connectivity index (χ3n) is 4.00. The quantitative estimate of drug-likeness (QED) is 0.913. The number of aromatic nitrogens is 2. The van der Waals surface area contributed by atoms with Crippen LogP contribution in [0.4, 0.5) is 5.13 Å². The van der Waals surface area contributed by atoms with Crippen LogP contribution in [0.1, 0.15) is 36.6 Å². The van der Waals surface area contributed by atoms with Crippen molar-refractivity contribution in [2.24, 2.45) is 0 Å². The second-order valence-electron chi connectivity index (χ2n) is 5.36. The van der Waals surface area contributed by atoms with Crippen molar-refractivity contribution in [2.75, 3.05) is 5.73 Å². The number of nitrogens with zero attached hydrogens (tertiary/aromatic N) is 2. The Balaban J connectivity index is 1.97. The first-order chi connectivity index (χ1) is 9.24. The van der Waals surface area contributed by atoms with Crippen LogP contribution < -0.4 is 11.3 Å². The van der Waals surface area contributed by atoms with Crippen LogP contribution >= 0.6 is 11.3 Å². The van der Waals surface area contributed by atoms with Crippen LogP contribution in [-0.4, -0.2) is 9.55 Å². The third-order valence-corrected chi connectivity index (χ3v) is 4.67. The summed E-state index contributed by atoms with van der Waals surface area (Å²) < 4.78 is 2.03. The minimum Gasteiger partial charge on any atom is -0.375 e. The van der Waals surface area contributed by atoms with E-state index in [4.69, 9.17) is 5.73 Å². The minimum absolute atomic E-state index is 0.119. The van der Waals surface area contributed by atoms with E-state index in [-0.39, 0.29) is 5.56 Å². The Bertz CT molecular complexity index is 712. The molecule has 2 aliphatic rings. The van der Waals surface area contributed by atoms with Gasteiger partial charge in [0.1, 0.15) is 0 Å². The predicted octanol–water partition coefficient (Wildman–Crippen LogP) is 2.38. The number of hydrogen-bond acceptors (Lipinski definition) is 4. The summed E-state index contributed by atoms with van der Waals surface area (Å²) in [4.78, 5) is 17.0. The summed E-state index contributed by atoms with van der Waals surface area (Å²) in [6.45, 7) is 0. The van der Waals surface area contributed by atoms with Crippen molar-refractivity contribution in [1.82, 2.24) is 9.55 Å². The van der Waals surface area contributed by atoms with Gasteiger partial charge >= 0.3 is 0 Å². The molecule has 5 heteroatoms. The molecule has 0 saturated heterocycles. The second kappa shape index (κ2) is 3.93. The highest BCUT2D eigenvalue weighted by Gasteiger charge is 2.30. The van der Waals surface area contributed by atoms with Gasteiger partial charge in [-0.2, -0.15) is 0 Å². The molecule has 0 spiro atoms. The predicted molar refractivity (Wildman–Crippen MR) is 76.5 cm³/mol. The largest absolute Gasteiger partial charge is 0.375 e. The molecule has 0 amide bonds. The van der Waals surface area contributed by atoms with Gasteiger partial charge in [-0.15, -0.1) is 11.3 Å². The van der Waals surface area contributed by atoms with E-state index in [0.29, 0.717) is 11.2 Å². The fourth-order valence-corrected chi connectivity index (χ4v) is 3.55. The van der Waals surface area contributed by atoms with Gasteiger partial charge in [0, 0.05) is 17.1 Å². The molecule has 0 radical (unpaired) electrons. The van der Waals surface area contributed by atoms with Crippen LogP contribution in [0.5, 0.6) is 0 Å². The zero-order valence-electron chi connectivity index (χ0n) is 10.6. The van der Waals surface area contributed by atoms with E-state index in [0.717, 1.165) is 43.4 Å². The molecule has 2 N–H and O–H groups in total. The number of hydrogen-bond donors (Lipinski definition) is 1. The Hall–Kier alpha value is -1.62. The maximum atomic E-state index is 12.7. The normalized spacial score (nSPS) is 17.7. The molecule has 0 unspecified atom stereocenters. The van der Waals surface area contributed by atoms with E-state index in [2.05, 4.69) is 4.98 Å². The summed E-state index contributed by atoms with van der Waals surface area (Å²) >= 11 is 1.39. The van der Waals surface area contributed by atoms with E-state index < -0.39 is 0 Å². The summed E-state index contributed by atoms with van der Waals surface area (Å²) in [5.74, 6) is 0. The van der Waals surface area contributed by atoms with E-state index >= 15 is 0 Å². The van der Waals surface area contributed by atoms with Crippen LogP contribution in [0, 0.1) is 0 Å². The lowest BCUT2D eigenvalue weighted by Gasteiger charge is -2.13. The summed E-state index contributed by atoms with van der Waals surface area (Å²) in [6.07, 6.45) is 5.55. The lowest BCUT2D eigenvalue weighted by Crippen LogP contribution is -2.24. The van der Waals surface area contributed by atoms with Crippen LogP contribution in [0.15, 0.2) is 16.2 Å². The van der Waals surface area contributed by atoms with Gasteiger partial charge in [-0.05, 0) is 43.7 Å². The van der Waals surface area contributed by atoms with Gasteiger partial charge in [-0.3, -0.25) is 4.79 Å². The zero-order chi connectivity index (χ0) is 13.0. The molecule has 2 aromatic heterocycles. The molecule has 0 aliphatic heterocycles. The molecule has 1 fully saturated rings. The van der Waals surface area contributed by atoms with Gasteiger partial charge in [0.2, 0.25) is 0 Å². The van der Waals surface area contributed by atoms with Crippen LogP contribution in [0.2, 0.25) is 0 Å². The summed E-state index contributed by atoms with van der Waals surface area (Å²) in [7, 11) is 0. The van der Waals surface area contributed by atoms with E-state index in [1.807, 2.05) is 16.0 Å². The van der Waals surface area contributed by atoms with Gasteiger partial charge in [0.15, 0.2) is 5.13 Å². The van der Waals surface area contributed by atoms with Crippen molar-refractivity contribution in [1.29, 1.82) is 0 Å². The van der Waals surface area contributed by atoms with Crippen LogP contribution in [0.25, 0.3) is 11.3 Å². The highest BCUT2D eigenvalue weighted by molar-refractivity contribution is 7.13. The summed E-state index contributed by atoms with van der Waals surface area (Å²) in [5, 5.41) is 2.40. The highest BCUT2D eigenvalue weighted by Crippen LogP contribution is 2.38. The maximum absolute atomic E-state index is 12.7. The van der Waals surface area contributed by atoms with Gasteiger partial charge in [0.25, 0.3) is 5.56 Å². The monoisotopic (exact) mass is 273 g/mol. The smallest absolute Gasteiger partial charge is 0.260 e. The second-order valence-corrected chi connectivity index (χ2v) is 6.25. The molecule has 0 atom stereocenters. The van der Waals surface area contributed by atoms with Crippen molar-refractivity contribution in [2.45, 2.75) is 38.1 Å². The molecule has 4 rings (SSSR count). The first-order valence-corrected chi connectivity index (χ1v) is 7.60. The fraction of sp³-hybridized carbons (Fsp3) is 0.429.